The van der Waals surface area contributed by atoms with Crippen LogP contribution in [0.1, 0.15) is 5.69 Å². The SMILES string of the molecule is OCCn1cc(NCc2csc(-c3ccco3)n2)cn1. The lowest BCUT2D eigenvalue weighted by atomic mass is 10.4. The fraction of sp³-hybridized carbons (Fsp3) is 0.231. The van der Waals surface area contributed by atoms with Gasteiger partial charge in [-0.1, -0.05) is 0 Å². The molecule has 0 unspecified atom stereocenters. The van der Waals surface area contributed by atoms with Crippen molar-refractivity contribution in [2.45, 2.75) is 13.1 Å². The van der Waals surface area contributed by atoms with Crippen molar-refractivity contribution in [2.75, 3.05) is 11.9 Å². The van der Waals surface area contributed by atoms with E-state index in [1.165, 1.54) is 0 Å². The average molecular weight is 290 g/mol. The topological polar surface area (TPSA) is 76.1 Å². The minimum absolute atomic E-state index is 0.0830. The van der Waals surface area contributed by atoms with Crippen LogP contribution in [-0.4, -0.2) is 26.5 Å². The summed E-state index contributed by atoms with van der Waals surface area (Å²) in [7, 11) is 0. The molecule has 3 aromatic rings. The second kappa shape index (κ2) is 5.89. The molecule has 3 heterocycles. The zero-order valence-electron chi connectivity index (χ0n) is 10.7. The van der Waals surface area contributed by atoms with E-state index in [1.54, 1.807) is 28.5 Å². The average Bonchev–Trinajstić information content (AvgIpc) is 3.18. The third-order valence-corrected chi connectivity index (χ3v) is 3.63. The molecule has 0 aliphatic heterocycles. The number of rotatable bonds is 6. The third-order valence-electron chi connectivity index (χ3n) is 2.72. The molecule has 3 rings (SSSR count). The van der Waals surface area contributed by atoms with Crippen molar-refractivity contribution in [3.05, 3.63) is 41.9 Å². The number of nitrogens with zero attached hydrogens (tertiary/aromatic N) is 3. The molecular weight excluding hydrogens is 276 g/mol. The summed E-state index contributed by atoms with van der Waals surface area (Å²) in [5.41, 5.74) is 1.86. The summed E-state index contributed by atoms with van der Waals surface area (Å²) in [6.07, 6.45) is 5.23. The van der Waals surface area contributed by atoms with Gasteiger partial charge in [-0.2, -0.15) is 5.10 Å². The predicted octanol–water partition coefficient (Wildman–Crippen LogP) is 2.20. The molecule has 0 aromatic carbocycles. The number of aliphatic hydroxyl groups excluding tert-OH is 1. The predicted molar refractivity (Wildman–Crippen MR) is 76.5 cm³/mol. The van der Waals surface area contributed by atoms with Crippen LogP contribution in [0.25, 0.3) is 10.8 Å². The molecular formula is C13H14N4O2S. The van der Waals surface area contributed by atoms with E-state index in [2.05, 4.69) is 15.4 Å². The molecule has 20 heavy (non-hydrogen) atoms. The van der Waals surface area contributed by atoms with Crippen LogP contribution >= 0.6 is 11.3 Å². The van der Waals surface area contributed by atoms with Crippen LogP contribution in [0.3, 0.4) is 0 Å². The number of hydrogen-bond donors (Lipinski definition) is 2. The highest BCUT2D eigenvalue weighted by Gasteiger charge is 2.07. The standard InChI is InChI=1S/C13H14N4O2S/c18-4-3-17-8-10(7-15-17)14-6-11-9-20-13(16-11)12-2-1-5-19-12/h1-2,5,7-9,14,18H,3-4,6H2. The Kier molecular flexibility index (Phi) is 3.80. The van der Waals surface area contributed by atoms with Crippen LogP contribution in [-0.2, 0) is 13.1 Å². The van der Waals surface area contributed by atoms with Gasteiger partial charge in [0.25, 0.3) is 0 Å². The molecule has 0 bridgehead atoms. The second-order valence-electron chi connectivity index (χ2n) is 4.19. The van der Waals surface area contributed by atoms with E-state index in [1.807, 2.05) is 23.7 Å². The normalized spacial score (nSPS) is 10.8. The van der Waals surface area contributed by atoms with Gasteiger partial charge in [0.2, 0.25) is 0 Å². The van der Waals surface area contributed by atoms with E-state index in [0.29, 0.717) is 13.1 Å². The fourth-order valence-electron chi connectivity index (χ4n) is 1.77. The van der Waals surface area contributed by atoms with Crippen molar-refractivity contribution >= 4 is 17.0 Å². The zero-order valence-corrected chi connectivity index (χ0v) is 11.5. The largest absolute Gasteiger partial charge is 0.462 e. The highest BCUT2D eigenvalue weighted by molar-refractivity contribution is 7.13. The molecule has 0 saturated heterocycles. The Morgan fingerprint density at radius 2 is 2.40 bits per heavy atom. The van der Waals surface area contributed by atoms with Gasteiger partial charge in [0.1, 0.15) is 0 Å². The molecule has 0 spiro atoms. The Bertz CT molecular complexity index is 660. The van der Waals surface area contributed by atoms with Crippen molar-refractivity contribution in [1.29, 1.82) is 0 Å². The van der Waals surface area contributed by atoms with Crippen molar-refractivity contribution in [3.8, 4) is 10.8 Å². The van der Waals surface area contributed by atoms with Crippen LogP contribution < -0.4 is 5.32 Å². The molecule has 0 atom stereocenters. The molecule has 0 radical (unpaired) electrons. The van der Waals surface area contributed by atoms with Crippen LogP contribution in [0.5, 0.6) is 0 Å². The summed E-state index contributed by atoms with van der Waals surface area (Å²) < 4.78 is 7.01. The van der Waals surface area contributed by atoms with Crippen LogP contribution in [0, 0.1) is 0 Å². The maximum atomic E-state index is 8.83. The minimum Gasteiger partial charge on any atom is -0.462 e. The zero-order chi connectivity index (χ0) is 13.8. The summed E-state index contributed by atoms with van der Waals surface area (Å²) >= 11 is 1.56. The summed E-state index contributed by atoms with van der Waals surface area (Å²) in [4.78, 5) is 4.51. The highest BCUT2D eigenvalue weighted by atomic mass is 32.1. The van der Waals surface area contributed by atoms with E-state index in [-0.39, 0.29) is 6.61 Å². The van der Waals surface area contributed by atoms with Crippen molar-refractivity contribution in [3.63, 3.8) is 0 Å². The lowest BCUT2D eigenvalue weighted by molar-refractivity contribution is 0.269. The van der Waals surface area contributed by atoms with E-state index in [9.17, 15) is 0 Å². The van der Waals surface area contributed by atoms with Crippen LogP contribution in [0.2, 0.25) is 0 Å². The highest BCUT2D eigenvalue weighted by Crippen LogP contribution is 2.24. The quantitative estimate of drug-likeness (QED) is 0.728. The van der Waals surface area contributed by atoms with E-state index in [0.717, 1.165) is 22.1 Å². The fourth-order valence-corrected chi connectivity index (χ4v) is 2.56. The Morgan fingerprint density at radius 1 is 1.45 bits per heavy atom. The van der Waals surface area contributed by atoms with Crippen LogP contribution in [0.15, 0.2) is 40.6 Å². The smallest absolute Gasteiger partial charge is 0.162 e. The molecule has 6 nitrogen and oxygen atoms in total. The van der Waals surface area contributed by atoms with Crippen LogP contribution in [0.4, 0.5) is 5.69 Å². The van der Waals surface area contributed by atoms with Gasteiger partial charge in [0.05, 0.1) is 43.5 Å². The van der Waals surface area contributed by atoms with E-state index < -0.39 is 0 Å². The molecule has 2 N–H and O–H groups in total. The van der Waals surface area contributed by atoms with Gasteiger partial charge in [-0.25, -0.2) is 4.98 Å². The summed E-state index contributed by atoms with van der Waals surface area (Å²) in [5.74, 6) is 0.789. The third kappa shape index (κ3) is 2.89. The molecule has 104 valence electrons. The van der Waals surface area contributed by atoms with Crippen molar-refractivity contribution in [2.24, 2.45) is 0 Å². The lowest BCUT2D eigenvalue weighted by Gasteiger charge is -1.99. The number of thiazole rings is 1. The lowest BCUT2D eigenvalue weighted by Crippen LogP contribution is -2.02. The Morgan fingerprint density at radius 3 is 3.20 bits per heavy atom. The van der Waals surface area contributed by atoms with Gasteiger partial charge in [-0.3, -0.25) is 4.68 Å². The number of hydrogen-bond acceptors (Lipinski definition) is 6. The Labute approximate surface area is 119 Å². The van der Waals surface area contributed by atoms with Crippen molar-refractivity contribution in [1.82, 2.24) is 14.8 Å². The first kappa shape index (κ1) is 12.9. The van der Waals surface area contributed by atoms with Gasteiger partial charge >= 0.3 is 0 Å². The number of aromatic nitrogens is 3. The Balaban J connectivity index is 1.60. The molecule has 7 heteroatoms. The minimum atomic E-state index is 0.0830. The number of aliphatic hydroxyl groups is 1. The van der Waals surface area contributed by atoms with E-state index in [4.69, 9.17) is 9.52 Å². The van der Waals surface area contributed by atoms with Gasteiger partial charge in [0, 0.05) is 11.6 Å². The number of anilines is 1. The first-order chi connectivity index (χ1) is 9.85. The molecule has 0 aliphatic rings. The van der Waals surface area contributed by atoms with Crippen molar-refractivity contribution < 1.29 is 9.52 Å². The molecule has 0 aliphatic carbocycles. The maximum Gasteiger partial charge on any atom is 0.162 e. The second-order valence-corrected chi connectivity index (χ2v) is 5.05. The summed E-state index contributed by atoms with van der Waals surface area (Å²) in [6.45, 7) is 1.21. The number of furan rings is 1. The monoisotopic (exact) mass is 290 g/mol. The van der Waals surface area contributed by atoms with Gasteiger partial charge < -0.3 is 14.8 Å². The maximum absolute atomic E-state index is 8.83. The first-order valence-corrected chi connectivity index (χ1v) is 7.08. The summed E-state index contributed by atoms with van der Waals surface area (Å²) in [6, 6.07) is 3.75. The molecule has 3 aromatic heterocycles. The van der Waals surface area contributed by atoms with Gasteiger partial charge in [-0.15, -0.1) is 11.3 Å². The van der Waals surface area contributed by atoms with E-state index >= 15 is 0 Å². The van der Waals surface area contributed by atoms with Gasteiger partial charge in [0.15, 0.2) is 10.8 Å². The Hall–Kier alpha value is -2.12. The molecule has 0 saturated carbocycles. The number of nitrogens with one attached hydrogen (secondary N) is 1. The first-order valence-electron chi connectivity index (χ1n) is 6.20. The van der Waals surface area contributed by atoms with Gasteiger partial charge in [-0.05, 0) is 12.1 Å². The molecule has 0 amide bonds. The molecule has 0 fully saturated rings. The summed E-state index contributed by atoms with van der Waals surface area (Å²) in [5, 5.41) is 19.1.